The normalized spacial score (nSPS) is 32.1. The van der Waals surface area contributed by atoms with Gasteiger partial charge in [-0.3, -0.25) is 9.59 Å². The first kappa shape index (κ1) is 14.3. The second-order valence-electron chi connectivity index (χ2n) is 5.47. The number of nitrogens with one attached hydrogen (secondary N) is 1. The largest absolute Gasteiger partial charge is 0.375 e. The molecule has 19 heavy (non-hydrogen) atoms. The molecule has 1 unspecified atom stereocenters. The summed E-state index contributed by atoms with van der Waals surface area (Å²) >= 11 is 0. The molecule has 2 fully saturated rings. The summed E-state index contributed by atoms with van der Waals surface area (Å²) in [5.41, 5.74) is 5.23. The molecule has 2 aliphatic rings. The van der Waals surface area contributed by atoms with Gasteiger partial charge in [0.2, 0.25) is 11.8 Å². The molecule has 6 nitrogen and oxygen atoms in total. The summed E-state index contributed by atoms with van der Waals surface area (Å²) in [6.07, 6.45) is 2.17. The van der Waals surface area contributed by atoms with Gasteiger partial charge in [0.1, 0.15) is 6.04 Å². The maximum absolute atomic E-state index is 12.5. The fourth-order valence-corrected chi connectivity index (χ4v) is 2.92. The summed E-state index contributed by atoms with van der Waals surface area (Å²) in [4.78, 5) is 25.3. The summed E-state index contributed by atoms with van der Waals surface area (Å²) in [6, 6.07) is -0.263. The van der Waals surface area contributed by atoms with Crippen molar-refractivity contribution in [2.45, 2.75) is 38.3 Å². The second-order valence-corrected chi connectivity index (χ2v) is 5.47. The third kappa shape index (κ3) is 3.67. The quantitative estimate of drug-likeness (QED) is 0.722. The van der Waals surface area contributed by atoms with E-state index in [1.165, 1.54) is 0 Å². The molecule has 2 rings (SSSR count). The van der Waals surface area contributed by atoms with E-state index in [1.54, 1.807) is 0 Å². The molecule has 0 saturated carbocycles. The van der Waals surface area contributed by atoms with Gasteiger partial charge >= 0.3 is 0 Å². The smallest absolute Gasteiger partial charge is 0.242 e. The lowest BCUT2D eigenvalue weighted by atomic mass is 9.93. The van der Waals surface area contributed by atoms with E-state index in [-0.39, 0.29) is 29.9 Å². The van der Waals surface area contributed by atoms with Crippen LogP contribution in [0, 0.1) is 5.92 Å². The molecule has 0 aliphatic carbocycles. The van der Waals surface area contributed by atoms with Crippen LogP contribution >= 0.6 is 0 Å². The topological polar surface area (TPSA) is 84.7 Å². The van der Waals surface area contributed by atoms with E-state index in [0.29, 0.717) is 26.1 Å². The third-order valence-electron chi connectivity index (χ3n) is 3.90. The number of carbonyl (C=O) groups is 2. The molecule has 0 aromatic carbocycles. The molecule has 3 N–H and O–H groups in total. The molecule has 2 aliphatic heterocycles. The van der Waals surface area contributed by atoms with Crippen LogP contribution in [0.4, 0.5) is 0 Å². The number of rotatable bonds is 3. The van der Waals surface area contributed by atoms with E-state index in [2.05, 4.69) is 5.32 Å². The van der Waals surface area contributed by atoms with Crippen LogP contribution in [0.1, 0.15) is 26.2 Å². The Bertz CT molecular complexity index is 348. The number of amides is 2. The molecule has 0 aromatic heterocycles. The highest BCUT2D eigenvalue weighted by molar-refractivity contribution is 5.83. The number of primary amides is 1. The first-order chi connectivity index (χ1) is 9.08. The number of ether oxygens (including phenoxy) is 1. The molecular formula is C13H23N3O3. The van der Waals surface area contributed by atoms with Crippen molar-refractivity contribution in [3.8, 4) is 0 Å². The number of carbonyl (C=O) groups excluding carboxylic acids is 2. The second kappa shape index (κ2) is 6.34. The van der Waals surface area contributed by atoms with E-state index in [1.807, 2.05) is 11.8 Å². The van der Waals surface area contributed by atoms with Gasteiger partial charge in [-0.05, 0) is 25.7 Å². The van der Waals surface area contributed by atoms with Gasteiger partial charge in [0.25, 0.3) is 0 Å². The van der Waals surface area contributed by atoms with Crippen LogP contribution in [0.15, 0.2) is 0 Å². The Morgan fingerprint density at radius 3 is 2.95 bits per heavy atom. The molecule has 0 bridgehead atoms. The van der Waals surface area contributed by atoms with Crippen molar-refractivity contribution in [3.63, 3.8) is 0 Å². The Balaban J connectivity index is 1.92. The van der Waals surface area contributed by atoms with E-state index < -0.39 is 0 Å². The third-order valence-corrected chi connectivity index (χ3v) is 3.90. The van der Waals surface area contributed by atoms with Crippen molar-refractivity contribution in [2.24, 2.45) is 11.7 Å². The zero-order valence-electron chi connectivity index (χ0n) is 11.4. The Hall–Kier alpha value is -1.14. The van der Waals surface area contributed by atoms with Crippen molar-refractivity contribution in [1.29, 1.82) is 0 Å². The van der Waals surface area contributed by atoms with Gasteiger partial charge in [0.15, 0.2) is 0 Å². The van der Waals surface area contributed by atoms with Crippen LogP contribution in [-0.4, -0.2) is 55.1 Å². The fraction of sp³-hybridized carbons (Fsp3) is 0.846. The minimum absolute atomic E-state index is 0.0846. The minimum atomic E-state index is -0.285. The van der Waals surface area contributed by atoms with E-state index >= 15 is 0 Å². The maximum Gasteiger partial charge on any atom is 0.242 e. The van der Waals surface area contributed by atoms with Crippen LogP contribution in [-0.2, 0) is 14.3 Å². The van der Waals surface area contributed by atoms with Crippen molar-refractivity contribution in [1.82, 2.24) is 10.2 Å². The Labute approximate surface area is 113 Å². The monoisotopic (exact) mass is 269 g/mol. The number of hydrogen-bond acceptors (Lipinski definition) is 4. The molecule has 2 saturated heterocycles. The maximum atomic E-state index is 12.5. The number of likely N-dealkylation sites (tertiary alicyclic amines) is 1. The molecule has 0 spiro atoms. The molecule has 2 heterocycles. The minimum Gasteiger partial charge on any atom is -0.375 e. The predicted molar refractivity (Wildman–Crippen MR) is 70.3 cm³/mol. The van der Waals surface area contributed by atoms with Crippen molar-refractivity contribution < 1.29 is 14.3 Å². The summed E-state index contributed by atoms with van der Waals surface area (Å²) in [5, 5.41) is 3.21. The van der Waals surface area contributed by atoms with Crippen LogP contribution in [0.3, 0.4) is 0 Å². The Morgan fingerprint density at radius 2 is 2.26 bits per heavy atom. The zero-order valence-corrected chi connectivity index (χ0v) is 11.4. The molecule has 0 aromatic rings. The molecule has 2 amide bonds. The summed E-state index contributed by atoms with van der Waals surface area (Å²) in [7, 11) is 0. The molecule has 6 heteroatoms. The molecule has 3 atom stereocenters. The van der Waals surface area contributed by atoms with Gasteiger partial charge < -0.3 is 20.7 Å². The summed E-state index contributed by atoms with van der Waals surface area (Å²) in [6.45, 7) is 4.67. The first-order valence-electron chi connectivity index (χ1n) is 7.00. The number of nitrogens with two attached hydrogens (primary N) is 1. The van der Waals surface area contributed by atoms with Crippen molar-refractivity contribution in [2.75, 3.05) is 26.2 Å². The van der Waals surface area contributed by atoms with Crippen LogP contribution in [0.25, 0.3) is 0 Å². The van der Waals surface area contributed by atoms with Gasteiger partial charge in [-0.15, -0.1) is 0 Å². The zero-order chi connectivity index (χ0) is 13.8. The highest BCUT2D eigenvalue weighted by Gasteiger charge is 2.34. The standard InChI is InChI=1S/C13H23N3O3/c1-9-12(15-4-6-19-9)13(18)16-5-2-3-10(8-16)7-11(14)17/h9-10,12,15H,2-8H2,1H3,(H2,14,17)/t9-,10?,12+/m1/s1. The lowest BCUT2D eigenvalue weighted by molar-refractivity contribution is -0.141. The predicted octanol–water partition coefficient (Wildman–Crippen LogP) is -0.523. The highest BCUT2D eigenvalue weighted by Crippen LogP contribution is 2.21. The Kier molecular flexibility index (Phi) is 4.76. The number of piperidine rings is 1. The van der Waals surface area contributed by atoms with Crippen LogP contribution in [0.5, 0.6) is 0 Å². The average Bonchev–Trinajstić information content (AvgIpc) is 2.38. The van der Waals surface area contributed by atoms with Gasteiger partial charge in [-0.1, -0.05) is 0 Å². The van der Waals surface area contributed by atoms with E-state index in [9.17, 15) is 9.59 Å². The first-order valence-corrected chi connectivity index (χ1v) is 7.00. The van der Waals surface area contributed by atoms with Crippen LogP contribution in [0.2, 0.25) is 0 Å². The summed E-state index contributed by atoms with van der Waals surface area (Å²) in [5.74, 6) is 0.00294. The highest BCUT2D eigenvalue weighted by atomic mass is 16.5. The number of morpholine rings is 1. The van der Waals surface area contributed by atoms with Crippen molar-refractivity contribution in [3.05, 3.63) is 0 Å². The fourth-order valence-electron chi connectivity index (χ4n) is 2.92. The summed E-state index contributed by atoms with van der Waals surface area (Å²) < 4.78 is 5.51. The molecule has 0 radical (unpaired) electrons. The SMILES string of the molecule is C[C@H]1OCCN[C@@H]1C(=O)N1CCCC(CC(N)=O)C1. The van der Waals surface area contributed by atoms with Gasteiger partial charge in [-0.2, -0.15) is 0 Å². The molecular weight excluding hydrogens is 246 g/mol. The van der Waals surface area contributed by atoms with Gasteiger partial charge in [-0.25, -0.2) is 0 Å². The van der Waals surface area contributed by atoms with Gasteiger partial charge in [0, 0.05) is 26.1 Å². The van der Waals surface area contributed by atoms with E-state index in [0.717, 1.165) is 19.4 Å². The van der Waals surface area contributed by atoms with Crippen molar-refractivity contribution >= 4 is 11.8 Å². The van der Waals surface area contributed by atoms with Gasteiger partial charge in [0.05, 0.1) is 12.7 Å². The average molecular weight is 269 g/mol. The lowest BCUT2D eigenvalue weighted by Gasteiger charge is -2.37. The molecule has 108 valence electrons. The Morgan fingerprint density at radius 1 is 1.47 bits per heavy atom. The lowest BCUT2D eigenvalue weighted by Crippen LogP contribution is -2.57. The number of hydrogen-bond donors (Lipinski definition) is 2. The van der Waals surface area contributed by atoms with Crippen LogP contribution < -0.4 is 11.1 Å². The van der Waals surface area contributed by atoms with E-state index in [4.69, 9.17) is 10.5 Å². The number of nitrogens with zero attached hydrogens (tertiary/aromatic N) is 1.